The molecule has 0 amide bonds. The zero-order chi connectivity index (χ0) is 11.7. The summed E-state index contributed by atoms with van der Waals surface area (Å²) < 4.78 is 12.3. The highest BCUT2D eigenvalue weighted by Gasteiger charge is 2.17. The summed E-state index contributed by atoms with van der Waals surface area (Å²) in [4.78, 5) is 30.1. The Morgan fingerprint density at radius 2 is 2.00 bits per heavy atom. The van der Waals surface area contributed by atoms with E-state index in [9.17, 15) is 14.4 Å². The van der Waals surface area contributed by atoms with Gasteiger partial charge in [0.2, 0.25) is 6.79 Å². The molecule has 0 aromatic heterocycles. The second-order valence-electron chi connectivity index (χ2n) is 2.04. The van der Waals surface area contributed by atoms with Crippen LogP contribution < -0.4 is 0 Å². The molecule has 1 rings (SSSR count). The number of carbonyl (C=O) groups excluding carboxylic acids is 3. The number of rotatable bonds is 1. The van der Waals surface area contributed by atoms with Gasteiger partial charge in [-0.1, -0.05) is 6.58 Å². The van der Waals surface area contributed by atoms with Crippen LogP contribution in [0.3, 0.4) is 0 Å². The van der Waals surface area contributed by atoms with Crippen LogP contribution in [-0.4, -0.2) is 24.7 Å². The number of hydrogen-bond donors (Lipinski definition) is 0. The van der Waals surface area contributed by atoms with Gasteiger partial charge in [0, 0.05) is 6.08 Å². The van der Waals surface area contributed by atoms with Gasteiger partial charge in [0.05, 0.1) is 0 Å². The largest absolute Gasteiger partial charge is 0.427 e. The summed E-state index contributed by atoms with van der Waals surface area (Å²) in [5, 5.41) is 7.63. The van der Waals surface area contributed by atoms with E-state index in [-0.39, 0.29) is 13.2 Å². The lowest BCUT2D eigenvalue weighted by atomic mass is 10.4. The molecule has 0 aliphatic carbocycles. The average molecular weight is 213 g/mol. The monoisotopic (exact) mass is 213 g/mol. The van der Waals surface area contributed by atoms with Gasteiger partial charge in [-0.15, -0.1) is 5.26 Å². The highest BCUT2D eigenvalue weighted by molar-refractivity contribution is 5.92. The van der Waals surface area contributed by atoms with E-state index in [2.05, 4.69) is 20.8 Å². The van der Waals surface area contributed by atoms with Gasteiger partial charge in [-0.05, 0) is 0 Å². The van der Waals surface area contributed by atoms with Gasteiger partial charge in [0.15, 0.2) is 0 Å². The van der Waals surface area contributed by atoms with Crippen molar-refractivity contribution in [3.05, 3.63) is 12.7 Å². The Morgan fingerprint density at radius 1 is 1.47 bits per heavy atom. The summed E-state index contributed by atoms with van der Waals surface area (Å²) in [5.74, 6) is -1.75. The van der Waals surface area contributed by atoms with Crippen LogP contribution in [0.25, 0.3) is 0 Å². The normalized spacial score (nSPS) is 13.3. The predicted octanol–water partition coefficient (Wildman–Crippen LogP) is -0.369. The Labute approximate surface area is 84.8 Å². The topological polar surface area (TPSA) is 103 Å². The van der Waals surface area contributed by atoms with Gasteiger partial charge in [0.25, 0.3) is 6.26 Å². The number of ether oxygens (including phenoxy) is 3. The number of nitrogens with zero attached hydrogens (tertiary/aromatic N) is 1. The molecule has 80 valence electrons. The van der Waals surface area contributed by atoms with Crippen molar-refractivity contribution in [2.24, 2.45) is 0 Å². The molecule has 0 aromatic rings. The van der Waals surface area contributed by atoms with Gasteiger partial charge >= 0.3 is 17.9 Å². The van der Waals surface area contributed by atoms with Crippen molar-refractivity contribution in [2.75, 3.05) is 6.79 Å². The summed E-state index contributed by atoms with van der Waals surface area (Å²) in [6.07, 6.45) is 1.87. The minimum Gasteiger partial charge on any atom is -0.427 e. The minimum atomic E-state index is -0.720. The van der Waals surface area contributed by atoms with E-state index in [1.54, 1.807) is 0 Å². The minimum absolute atomic E-state index is 0.225. The molecule has 0 N–H and O–H groups in total. The molecule has 0 spiro atoms. The third-order valence-electron chi connectivity index (χ3n) is 1.04. The lowest BCUT2D eigenvalue weighted by molar-refractivity contribution is -0.181. The fourth-order valence-corrected chi connectivity index (χ4v) is 0.467. The Kier molecular flexibility index (Phi) is 5.97. The molecule has 7 nitrogen and oxygen atoms in total. The first-order valence-corrected chi connectivity index (χ1v) is 3.63. The molecule has 0 radical (unpaired) electrons. The van der Waals surface area contributed by atoms with Gasteiger partial charge in [0.1, 0.15) is 6.42 Å². The quantitative estimate of drug-likeness (QED) is 0.253. The first-order valence-electron chi connectivity index (χ1n) is 3.63. The van der Waals surface area contributed by atoms with E-state index < -0.39 is 17.9 Å². The zero-order valence-corrected chi connectivity index (χ0v) is 7.60. The lowest BCUT2D eigenvalue weighted by Crippen LogP contribution is -2.22. The van der Waals surface area contributed by atoms with Crippen LogP contribution in [-0.2, 0) is 28.6 Å². The molecule has 0 bridgehead atoms. The first-order chi connectivity index (χ1) is 7.10. The van der Waals surface area contributed by atoms with Crippen molar-refractivity contribution in [1.29, 1.82) is 5.26 Å². The molecule has 0 atom stereocenters. The summed E-state index contributed by atoms with van der Waals surface area (Å²) in [6, 6.07) is 0. The number of cyclic esters (lactones) is 2. The Morgan fingerprint density at radius 3 is 2.20 bits per heavy atom. The molecule has 15 heavy (non-hydrogen) atoms. The third kappa shape index (κ3) is 6.77. The van der Waals surface area contributed by atoms with Crippen molar-refractivity contribution in [3.63, 3.8) is 0 Å². The molecule has 1 fully saturated rings. The molecule has 1 aliphatic heterocycles. The molecular weight excluding hydrogens is 206 g/mol. The molecule has 1 saturated heterocycles. The Bertz CT molecular complexity index is 302. The maximum atomic E-state index is 10.2. The molecule has 0 aromatic carbocycles. The second kappa shape index (κ2) is 7.08. The Hall–Kier alpha value is -2.36. The summed E-state index contributed by atoms with van der Waals surface area (Å²) in [7, 11) is 0. The second-order valence-corrected chi connectivity index (χ2v) is 2.04. The summed E-state index contributed by atoms with van der Waals surface area (Å²) in [5.41, 5.74) is 0. The lowest BCUT2D eigenvalue weighted by Gasteiger charge is -2.09. The number of esters is 3. The smallest absolute Gasteiger partial charge is 0.345 e. The standard InChI is InChI=1S/C4H3NO2.C4H4O4/c1-2-4(6)7-3-5;5-3-1-4(6)8-2-7-3/h2H,1H2;1-2H2. The molecule has 0 unspecified atom stereocenters. The molecule has 1 heterocycles. The van der Waals surface area contributed by atoms with Gasteiger partial charge < -0.3 is 14.2 Å². The van der Waals surface area contributed by atoms with Gasteiger partial charge in [-0.25, -0.2) is 4.79 Å². The molecule has 7 heteroatoms. The summed E-state index contributed by atoms with van der Waals surface area (Å²) in [6.45, 7) is 2.83. The molecule has 1 aliphatic rings. The maximum Gasteiger partial charge on any atom is 0.345 e. The third-order valence-corrected chi connectivity index (χ3v) is 1.04. The number of hydrogen-bond acceptors (Lipinski definition) is 7. The highest BCUT2D eigenvalue weighted by atomic mass is 16.7. The average Bonchev–Trinajstić information content (AvgIpc) is 2.18. The van der Waals surface area contributed by atoms with Crippen LogP contribution in [0.2, 0.25) is 0 Å². The van der Waals surface area contributed by atoms with Crippen molar-refractivity contribution in [2.45, 2.75) is 6.42 Å². The summed E-state index contributed by atoms with van der Waals surface area (Å²) >= 11 is 0. The van der Waals surface area contributed by atoms with Crippen molar-refractivity contribution < 1.29 is 28.6 Å². The van der Waals surface area contributed by atoms with E-state index in [4.69, 9.17) is 5.26 Å². The van der Waals surface area contributed by atoms with E-state index in [1.807, 2.05) is 0 Å². The van der Waals surface area contributed by atoms with Crippen LogP contribution in [0, 0.1) is 11.5 Å². The first kappa shape index (κ1) is 12.6. The van der Waals surface area contributed by atoms with E-state index in [0.29, 0.717) is 0 Å². The SMILES string of the molecule is C=CC(=O)OC#N.O=C1CC(=O)OCO1. The van der Waals surface area contributed by atoms with E-state index in [0.717, 1.165) is 6.08 Å². The zero-order valence-electron chi connectivity index (χ0n) is 7.60. The molecule has 0 saturated carbocycles. The van der Waals surface area contributed by atoms with Crippen LogP contribution in [0.1, 0.15) is 6.42 Å². The van der Waals surface area contributed by atoms with Crippen LogP contribution in [0.5, 0.6) is 0 Å². The van der Waals surface area contributed by atoms with Crippen LogP contribution in [0.4, 0.5) is 0 Å². The van der Waals surface area contributed by atoms with Gasteiger partial charge in [-0.2, -0.15) is 0 Å². The van der Waals surface area contributed by atoms with E-state index in [1.165, 1.54) is 6.26 Å². The van der Waals surface area contributed by atoms with Crippen LogP contribution >= 0.6 is 0 Å². The fourth-order valence-electron chi connectivity index (χ4n) is 0.467. The van der Waals surface area contributed by atoms with Crippen molar-refractivity contribution in [1.82, 2.24) is 0 Å². The fraction of sp³-hybridized carbons (Fsp3) is 0.250. The van der Waals surface area contributed by atoms with Gasteiger partial charge in [-0.3, -0.25) is 9.59 Å². The maximum absolute atomic E-state index is 10.2. The molecular formula is C8H7NO6. The predicted molar refractivity (Wildman–Crippen MR) is 43.6 cm³/mol. The van der Waals surface area contributed by atoms with Crippen molar-refractivity contribution >= 4 is 17.9 Å². The van der Waals surface area contributed by atoms with Crippen LogP contribution in [0.15, 0.2) is 12.7 Å². The number of nitriles is 1. The number of carbonyl (C=O) groups is 3. The van der Waals surface area contributed by atoms with E-state index >= 15 is 0 Å². The Balaban J connectivity index is 0.000000265. The van der Waals surface area contributed by atoms with Crippen molar-refractivity contribution in [3.8, 4) is 6.26 Å². The highest BCUT2D eigenvalue weighted by Crippen LogP contribution is 1.97.